The maximum atomic E-state index is 11.0. The first-order chi connectivity index (χ1) is 7.08. The minimum Gasteiger partial charge on any atom is -0.453 e. The number of methoxy groups -OCH3 is 1. The second-order valence-electron chi connectivity index (χ2n) is 4.22. The highest BCUT2D eigenvalue weighted by molar-refractivity contribution is 5.67. The number of rotatable bonds is 2. The SMILES string of the molecule is CC.COC(=O)NC(C)C1(C)CCCC1. The van der Waals surface area contributed by atoms with Gasteiger partial charge in [-0.3, -0.25) is 0 Å². The molecule has 1 rings (SSSR count). The third-order valence-electron chi connectivity index (χ3n) is 3.31. The van der Waals surface area contributed by atoms with E-state index in [4.69, 9.17) is 0 Å². The van der Waals surface area contributed by atoms with E-state index in [0.29, 0.717) is 0 Å². The van der Waals surface area contributed by atoms with Gasteiger partial charge in [-0.15, -0.1) is 0 Å². The van der Waals surface area contributed by atoms with Crippen molar-refractivity contribution in [3.63, 3.8) is 0 Å². The van der Waals surface area contributed by atoms with Gasteiger partial charge in [0.15, 0.2) is 0 Å². The minimum atomic E-state index is -0.319. The summed E-state index contributed by atoms with van der Waals surface area (Å²) in [6, 6.07) is 0.211. The van der Waals surface area contributed by atoms with Crippen molar-refractivity contribution >= 4 is 6.09 Å². The molecule has 0 aromatic heterocycles. The molecule has 1 saturated carbocycles. The standard InChI is InChI=1S/C10H19NO2.C2H6/c1-8(11-9(12)13-3)10(2)6-4-5-7-10;1-2/h8H,4-7H2,1-3H3,(H,11,12);1-2H3. The lowest BCUT2D eigenvalue weighted by molar-refractivity contribution is 0.151. The lowest BCUT2D eigenvalue weighted by Gasteiger charge is -2.31. The lowest BCUT2D eigenvalue weighted by Crippen LogP contribution is -2.43. The molecule has 15 heavy (non-hydrogen) atoms. The molecule has 1 N–H and O–H groups in total. The van der Waals surface area contributed by atoms with Crippen molar-refractivity contribution in [3.8, 4) is 0 Å². The Morgan fingerprint density at radius 1 is 1.33 bits per heavy atom. The molecule has 1 fully saturated rings. The number of carbonyl (C=O) groups excluding carboxylic acids is 1. The lowest BCUT2D eigenvalue weighted by atomic mass is 9.82. The summed E-state index contributed by atoms with van der Waals surface area (Å²) in [5.41, 5.74) is 0.272. The maximum Gasteiger partial charge on any atom is 0.407 e. The molecule has 0 spiro atoms. The molecule has 0 bridgehead atoms. The molecule has 90 valence electrons. The summed E-state index contributed by atoms with van der Waals surface area (Å²) in [6.07, 6.45) is 4.66. The van der Waals surface area contributed by atoms with E-state index >= 15 is 0 Å². The van der Waals surface area contributed by atoms with Crippen LogP contribution < -0.4 is 5.32 Å². The summed E-state index contributed by atoms with van der Waals surface area (Å²) in [7, 11) is 1.40. The summed E-state index contributed by atoms with van der Waals surface area (Å²) in [5.74, 6) is 0. The molecule has 1 aliphatic carbocycles. The van der Waals surface area contributed by atoms with E-state index < -0.39 is 0 Å². The van der Waals surface area contributed by atoms with Crippen molar-refractivity contribution < 1.29 is 9.53 Å². The zero-order chi connectivity index (χ0) is 11.9. The average Bonchev–Trinajstić information content (AvgIpc) is 2.69. The Kier molecular flexibility index (Phi) is 6.37. The molecule has 0 aromatic rings. The van der Waals surface area contributed by atoms with Gasteiger partial charge < -0.3 is 10.1 Å². The smallest absolute Gasteiger partial charge is 0.407 e. The monoisotopic (exact) mass is 215 g/mol. The average molecular weight is 215 g/mol. The molecule has 1 unspecified atom stereocenters. The van der Waals surface area contributed by atoms with Crippen LogP contribution in [0.3, 0.4) is 0 Å². The molecule has 1 aliphatic rings. The van der Waals surface area contributed by atoms with Crippen LogP contribution in [0.2, 0.25) is 0 Å². The number of ether oxygens (including phenoxy) is 1. The molecule has 3 nitrogen and oxygen atoms in total. The Labute approximate surface area is 93.6 Å². The summed E-state index contributed by atoms with van der Waals surface area (Å²) in [4.78, 5) is 11.0. The van der Waals surface area contributed by atoms with Crippen LogP contribution >= 0.6 is 0 Å². The third-order valence-corrected chi connectivity index (χ3v) is 3.31. The summed E-state index contributed by atoms with van der Waals surface area (Å²) >= 11 is 0. The highest BCUT2D eigenvalue weighted by Crippen LogP contribution is 2.40. The molecular weight excluding hydrogens is 190 g/mol. The highest BCUT2D eigenvalue weighted by atomic mass is 16.5. The minimum absolute atomic E-state index is 0.211. The van der Waals surface area contributed by atoms with E-state index in [9.17, 15) is 4.79 Å². The Bertz CT molecular complexity index is 186. The first kappa shape index (κ1) is 14.3. The van der Waals surface area contributed by atoms with E-state index in [1.807, 2.05) is 13.8 Å². The fourth-order valence-corrected chi connectivity index (χ4v) is 2.03. The summed E-state index contributed by atoms with van der Waals surface area (Å²) in [5, 5.41) is 2.85. The summed E-state index contributed by atoms with van der Waals surface area (Å²) < 4.78 is 4.58. The first-order valence-electron chi connectivity index (χ1n) is 5.93. The normalized spacial score (nSPS) is 19.8. The predicted octanol–water partition coefficient (Wildman–Crippen LogP) is 3.34. The van der Waals surface area contributed by atoms with Gasteiger partial charge >= 0.3 is 6.09 Å². The van der Waals surface area contributed by atoms with Gasteiger partial charge in [0.05, 0.1) is 7.11 Å². The van der Waals surface area contributed by atoms with Gasteiger partial charge in [0.25, 0.3) is 0 Å². The van der Waals surface area contributed by atoms with Gasteiger partial charge in [0.2, 0.25) is 0 Å². The quantitative estimate of drug-likeness (QED) is 0.767. The molecular formula is C12H25NO2. The van der Waals surface area contributed by atoms with Gasteiger partial charge in [-0.2, -0.15) is 0 Å². The molecule has 0 radical (unpaired) electrons. The number of hydrogen-bond donors (Lipinski definition) is 1. The van der Waals surface area contributed by atoms with Crippen LogP contribution in [0.15, 0.2) is 0 Å². The van der Waals surface area contributed by atoms with Crippen LogP contribution in [0.4, 0.5) is 4.79 Å². The zero-order valence-corrected chi connectivity index (χ0v) is 10.7. The molecule has 0 aromatic carbocycles. The van der Waals surface area contributed by atoms with Crippen LogP contribution in [0.1, 0.15) is 53.4 Å². The van der Waals surface area contributed by atoms with Gasteiger partial charge in [-0.1, -0.05) is 33.6 Å². The molecule has 0 aliphatic heterocycles. The Hall–Kier alpha value is -0.730. The molecule has 0 heterocycles. The molecule has 1 amide bonds. The topological polar surface area (TPSA) is 38.3 Å². The van der Waals surface area contributed by atoms with Crippen molar-refractivity contribution in [2.45, 2.75) is 59.4 Å². The maximum absolute atomic E-state index is 11.0. The Balaban J connectivity index is 0.000000921. The van der Waals surface area contributed by atoms with Crippen molar-refractivity contribution in [1.29, 1.82) is 0 Å². The number of amides is 1. The van der Waals surface area contributed by atoms with Crippen LogP contribution in [0, 0.1) is 5.41 Å². The van der Waals surface area contributed by atoms with E-state index in [1.54, 1.807) is 0 Å². The van der Waals surface area contributed by atoms with Gasteiger partial charge in [-0.25, -0.2) is 4.79 Å². The Morgan fingerprint density at radius 3 is 2.20 bits per heavy atom. The van der Waals surface area contributed by atoms with Crippen LogP contribution in [-0.4, -0.2) is 19.2 Å². The van der Waals surface area contributed by atoms with Crippen LogP contribution in [0.25, 0.3) is 0 Å². The summed E-state index contributed by atoms with van der Waals surface area (Å²) in [6.45, 7) is 8.29. The van der Waals surface area contributed by atoms with E-state index in [-0.39, 0.29) is 17.6 Å². The second kappa shape index (κ2) is 6.70. The van der Waals surface area contributed by atoms with E-state index in [1.165, 1.54) is 32.8 Å². The second-order valence-corrected chi connectivity index (χ2v) is 4.22. The van der Waals surface area contributed by atoms with E-state index in [0.717, 1.165) is 0 Å². The number of nitrogens with one attached hydrogen (secondary N) is 1. The van der Waals surface area contributed by atoms with Crippen molar-refractivity contribution in [1.82, 2.24) is 5.32 Å². The molecule has 0 saturated heterocycles. The number of hydrogen-bond acceptors (Lipinski definition) is 2. The van der Waals surface area contributed by atoms with Gasteiger partial charge in [0, 0.05) is 6.04 Å². The third kappa shape index (κ3) is 4.10. The predicted molar refractivity (Wildman–Crippen MR) is 62.9 cm³/mol. The largest absolute Gasteiger partial charge is 0.453 e. The fraction of sp³-hybridized carbons (Fsp3) is 0.917. The highest BCUT2D eigenvalue weighted by Gasteiger charge is 2.35. The number of carbonyl (C=O) groups is 1. The van der Waals surface area contributed by atoms with Crippen molar-refractivity contribution in [2.75, 3.05) is 7.11 Å². The van der Waals surface area contributed by atoms with Crippen molar-refractivity contribution in [3.05, 3.63) is 0 Å². The molecule has 3 heteroatoms. The van der Waals surface area contributed by atoms with Crippen LogP contribution in [0.5, 0.6) is 0 Å². The van der Waals surface area contributed by atoms with Crippen molar-refractivity contribution in [2.24, 2.45) is 5.41 Å². The van der Waals surface area contributed by atoms with Gasteiger partial charge in [-0.05, 0) is 25.2 Å². The Morgan fingerprint density at radius 2 is 1.80 bits per heavy atom. The fourth-order valence-electron chi connectivity index (χ4n) is 2.03. The van der Waals surface area contributed by atoms with Gasteiger partial charge in [0.1, 0.15) is 0 Å². The number of alkyl carbamates (subject to hydrolysis) is 1. The van der Waals surface area contributed by atoms with Crippen LogP contribution in [-0.2, 0) is 4.74 Å². The van der Waals surface area contributed by atoms with E-state index in [2.05, 4.69) is 23.9 Å². The first-order valence-corrected chi connectivity index (χ1v) is 5.93. The zero-order valence-electron chi connectivity index (χ0n) is 10.7. The molecule has 1 atom stereocenters.